The molecule has 1 aromatic rings. The van der Waals surface area contributed by atoms with Crippen LogP contribution in [0.5, 0.6) is 0 Å². The van der Waals surface area contributed by atoms with Gasteiger partial charge in [0.05, 0.1) is 12.1 Å². The molecular weight excluding hydrogens is 342 g/mol. The Labute approximate surface area is 162 Å². The predicted molar refractivity (Wildman–Crippen MR) is 103 cm³/mol. The maximum Gasteiger partial charge on any atom is 0.411 e. The average Bonchev–Trinajstić information content (AvgIpc) is 3.17. The molecule has 27 heavy (non-hydrogen) atoms. The third kappa shape index (κ3) is 4.28. The van der Waals surface area contributed by atoms with Crippen molar-refractivity contribution < 1.29 is 19.1 Å². The lowest BCUT2D eigenvalue weighted by Gasteiger charge is -2.35. The van der Waals surface area contributed by atoms with Crippen LogP contribution >= 0.6 is 0 Å². The number of hydrogen-bond donors (Lipinski definition) is 0. The van der Waals surface area contributed by atoms with Crippen LogP contribution in [0, 0.1) is 11.8 Å². The summed E-state index contributed by atoms with van der Waals surface area (Å²) in [4.78, 5) is 26.8. The van der Waals surface area contributed by atoms with Gasteiger partial charge in [-0.05, 0) is 51.0 Å². The summed E-state index contributed by atoms with van der Waals surface area (Å²) in [5.74, 6) is 0.500. The maximum atomic E-state index is 13.2. The van der Waals surface area contributed by atoms with Crippen molar-refractivity contribution in [2.24, 2.45) is 11.8 Å². The number of cyclic esters (lactones) is 1. The molecule has 0 aliphatic carbocycles. The molecule has 148 valence electrons. The molecule has 0 bridgehead atoms. The average molecular weight is 373 g/mol. The zero-order chi connectivity index (χ0) is 19.8. The molecule has 2 fully saturated rings. The van der Waals surface area contributed by atoms with Crippen molar-refractivity contribution in [3.8, 4) is 0 Å². The van der Waals surface area contributed by atoms with Crippen LogP contribution in [-0.4, -0.2) is 34.7 Å². The predicted octanol–water partition coefficient (Wildman–Crippen LogP) is 4.71. The number of carbonyl (C=O) groups is 2. The second kappa shape index (κ2) is 7.53. The number of carbonyl (C=O) groups excluding carboxylic acids is 2. The first-order chi connectivity index (χ1) is 12.7. The Morgan fingerprint density at radius 2 is 1.89 bits per heavy atom. The summed E-state index contributed by atoms with van der Waals surface area (Å²) < 4.78 is 11.3. The van der Waals surface area contributed by atoms with Gasteiger partial charge < -0.3 is 9.47 Å². The van der Waals surface area contributed by atoms with Crippen molar-refractivity contribution in [3.63, 3.8) is 0 Å². The van der Waals surface area contributed by atoms with Crippen LogP contribution in [0.4, 0.5) is 4.79 Å². The molecule has 0 N–H and O–H groups in total. The second-order valence-corrected chi connectivity index (χ2v) is 9.02. The summed E-state index contributed by atoms with van der Waals surface area (Å²) in [7, 11) is 0. The van der Waals surface area contributed by atoms with E-state index in [0.717, 1.165) is 12.0 Å². The van der Waals surface area contributed by atoms with Gasteiger partial charge in [-0.2, -0.15) is 0 Å². The molecule has 0 saturated carbocycles. The number of esters is 1. The first-order valence-electron chi connectivity index (χ1n) is 9.93. The van der Waals surface area contributed by atoms with Crippen LogP contribution in [0.25, 0.3) is 0 Å². The molecule has 3 rings (SSSR count). The Hall–Kier alpha value is -2.04. The molecule has 0 aromatic heterocycles. The van der Waals surface area contributed by atoms with E-state index in [2.05, 4.69) is 26.0 Å². The van der Waals surface area contributed by atoms with E-state index in [1.807, 2.05) is 43.9 Å². The Morgan fingerprint density at radius 3 is 2.41 bits per heavy atom. The lowest BCUT2D eigenvalue weighted by Crippen LogP contribution is -2.46. The van der Waals surface area contributed by atoms with E-state index >= 15 is 0 Å². The smallest absolute Gasteiger partial charge is 0.411 e. The number of amides is 1. The highest BCUT2D eigenvalue weighted by molar-refractivity contribution is 5.73. The van der Waals surface area contributed by atoms with Crippen molar-refractivity contribution in [1.82, 2.24) is 4.90 Å². The maximum absolute atomic E-state index is 13.2. The first-order valence-corrected chi connectivity index (χ1v) is 9.93. The van der Waals surface area contributed by atoms with E-state index in [0.29, 0.717) is 18.8 Å². The summed E-state index contributed by atoms with van der Waals surface area (Å²) in [6.07, 6.45) is 1.32. The summed E-state index contributed by atoms with van der Waals surface area (Å²) in [6.45, 7) is 10.0. The normalized spacial score (nSPS) is 28.5. The van der Waals surface area contributed by atoms with Gasteiger partial charge in [0.1, 0.15) is 11.7 Å². The number of nitrogens with zero attached hydrogens (tertiary/aromatic N) is 1. The topological polar surface area (TPSA) is 55.8 Å². The molecule has 2 heterocycles. The van der Waals surface area contributed by atoms with Crippen molar-refractivity contribution >= 4 is 12.1 Å². The summed E-state index contributed by atoms with van der Waals surface area (Å²) in [5.41, 5.74) is 0.527. The van der Waals surface area contributed by atoms with Crippen LogP contribution in [0.15, 0.2) is 30.3 Å². The first kappa shape index (κ1) is 19.7. The van der Waals surface area contributed by atoms with Gasteiger partial charge in [0, 0.05) is 6.42 Å². The van der Waals surface area contributed by atoms with Gasteiger partial charge >= 0.3 is 12.1 Å². The van der Waals surface area contributed by atoms with Crippen LogP contribution in [-0.2, 0) is 14.3 Å². The molecule has 0 spiro atoms. The van der Waals surface area contributed by atoms with Crippen molar-refractivity contribution in [1.29, 1.82) is 0 Å². The minimum Gasteiger partial charge on any atom is -0.460 e. The highest BCUT2D eigenvalue weighted by Crippen LogP contribution is 2.47. The highest BCUT2D eigenvalue weighted by Gasteiger charge is 2.51. The number of hydrogen-bond acceptors (Lipinski definition) is 4. The minimum atomic E-state index is -0.578. The van der Waals surface area contributed by atoms with Crippen LogP contribution in [0.2, 0.25) is 0 Å². The SMILES string of the molecule is CC(C)[C@@H]1C[C@@H]([C@@H]2CCC(=O)O2)N(C(=O)OC(C)(C)C)[C@H]1c1ccccc1. The molecular formula is C22H31NO4. The molecule has 1 aromatic carbocycles. The van der Waals surface area contributed by atoms with E-state index in [4.69, 9.17) is 9.47 Å². The molecule has 2 saturated heterocycles. The van der Waals surface area contributed by atoms with Gasteiger partial charge in [0.2, 0.25) is 0 Å². The van der Waals surface area contributed by atoms with E-state index in [-0.39, 0.29) is 36.2 Å². The van der Waals surface area contributed by atoms with Gasteiger partial charge in [0.25, 0.3) is 0 Å². The van der Waals surface area contributed by atoms with Crippen molar-refractivity contribution in [2.45, 2.75) is 77.7 Å². The Bertz CT molecular complexity index is 679. The minimum absolute atomic E-state index is 0.0784. The molecule has 0 radical (unpaired) electrons. The van der Waals surface area contributed by atoms with Crippen molar-refractivity contribution in [2.75, 3.05) is 0 Å². The number of benzene rings is 1. The zero-order valence-corrected chi connectivity index (χ0v) is 17.0. The number of rotatable bonds is 3. The standard InChI is InChI=1S/C22H31NO4/c1-14(2)16-13-17(18-11-12-19(24)26-18)23(21(25)27-22(3,4)5)20(16)15-9-7-6-8-10-15/h6-10,14,16-18,20H,11-13H2,1-5H3/t16-,17-,18-,20-/m0/s1. The Balaban J connectivity index is 2.00. The number of ether oxygens (including phenoxy) is 2. The van der Waals surface area contributed by atoms with E-state index in [9.17, 15) is 9.59 Å². The fourth-order valence-electron chi connectivity index (χ4n) is 4.34. The van der Waals surface area contributed by atoms with Crippen LogP contribution in [0.3, 0.4) is 0 Å². The van der Waals surface area contributed by atoms with Gasteiger partial charge in [0.15, 0.2) is 0 Å². The third-order valence-electron chi connectivity index (χ3n) is 5.52. The summed E-state index contributed by atoms with van der Waals surface area (Å²) in [6, 6.07) is 9.90. The summed E-state index contributed by atoms with van der Waals surface area (Å²) in [5, 5.41) is 0. The van der Waals surface area contributed by atoms with Gasteiger partial charge in [-0.1, -0.05) is 44.2 Å². The zero-order valence-electron chi connectivity index (χ0n) is 17.0. The quantitative estimate of drug-likeness (QED) is 0.720. The molecule has 0 unspecified atom stereocenters. The van der Waals surface area contributed by atoms with Crippen molar-refractivity contribution in [3.05, 3.63) is 35.9 Å². The van der Waals surface area contributed by atoms with E-state index in [1.54, 1.807) is 0 Å². The fourth-order valence-corrected chi connectivity index (χ4v) is 4.34. The van der Waals surface area contributed by atoms with Gasteiger partial charge in [-0.15, -0.1) is 0 Å². The fraction of sp³-hybridized carbons (Fsp3) is 0.636. The highest BCUT2D eigenvalue weighted by atomic mass is 16.6. The van der Waals surface area contributed by atoms with E-state index < -0.39 is 5.60 Å². The lowest BCUT2D eigenvalue weighted by molar-refractivity contribution is -0.143. The molecule has 4 atom stereocenters. The van der Waals surface area contributed by atoms with E-state index in [1.165, 1.54) is 0 Å². The van der Waals surface area contributed by atoms with Gasteiger partial charge in [-0.3, -0.25) is 9.69 Å². The largest absolute Gasteiger partial charge is 0.460 e. The Kier molecular flexibility index (Phi) is 5.50. The molecule has 2 aliphatic rings. The van der Waals surface area contributed by atoms with Crippen LogP contribution in [0.1, 0.15) is 65.5 Å². The Morgan fingerprint density at radius 1 is 1.22 bits per heavy atom. The molecule has 1 amide bonds. The monoisotopic (exact) mass is 373 g/mol. The number of likely N-dealkylation sites (tertiary alicyclic amines) is 1. The van der Waals surface area contributed by atoms with Crippen LogP contribution < -0.4 is 0 Å². The summed E-state index contributed by atoms with van der Waals surface area (Å²) >= 11 is 0. The molecule has 5 heteroatoms. The molecule has 2 aliphatic heterocycles. The second-order valence-electron chi connectivity index (χ2n) is 9.02. The molecule has 5 nitrogen and oxygen atoms in total. The van der Waals surface area contributed by atoms with Gasteiger partial charge in [-0.25, -0.2) is 4.79 Å². The lowest BCUT2D eigenvalue weighted by atomic mass is 9.84. The third-order valence-corrected chi connectivity index (χ3v) is 5.52.